The second-order valence-electron chi connectivity index (χ2n) is 3.70. The Hall–Kier alpha value is -0.410. The molecule has 2 heterocycles. The van der Waals surface area contributed by atoms with Crippen LogP contribution in [0.2, 0.25) is 0 Å². The fourth-order valence-electron chi connectivity index (χ4n) is 1.88. The molecule has 72 valence electrons. The Morgan fingerprint density at radius 3 is 3.08 bits per heavy atom. The van der Waals surface area contributed by atoms with Gasteiger partial charge in [-0.1, -0.05) is 6.07 Å². The van der Waals surface area contributed by atoms with Crippen molar-refractivity contribution in [2.45, 2.75) is 31.5 Å². The molecule has 1 saturated heterocycles. The minimum Gasteiger partial charge on any atom is -0.311 e. The highest BCUT2D eigenvalue weighted by molar-refractivity contribution is 7.10. The van der Waals surface area contributed by atoms with Gasteiger partial charge in [-0.25, -0.2) is 4.39 Å². The predicted molar refractivity (Wildman–Crippen MR) is 53.8 cm³/mol. The van der Waals surface area contributed by atoms with Crippen molar-refractivity contribution in [3.05, 3.63) is 22.4 Å². The van der Waals surface area contributed by atoms with Crippen LogP contribution in [0.5, 0.6) is 0 Å². The summed E-state index contributed by atoms with van der Waals surface area (Å²) in [4.78, 5) is 0.840. The van der Waals surface area contributed by atoms with E-state index in [9.17, 15) is 4.39 Å². The van der Waals surface area contributed by atoms with Crippen LogP contribution in [0.15, 0.2) is 17.5 Å². The van der Waals surface area contributed by atoms with Crippen molar-refractivity contribution < 1.29 is 4.39 Å². The van der Waals surface area contributed by atoms with Crippen LogP contribution in [-0.4, -0.2) is 12.6 Å². The Balaban J connectivity index is 2.19. The highest BCUT2D eigenvalue weighted by atomic mass is 32.1. The predicted octanol–water partition coefficient (Wildman–Crippen LogP) is 2.68. The van der Waals surface area contributed by atoms with Crippen molar-refractivity contribution in [1.29, 1.82) is 0 Å². The molecule has 0 saturated carbocycles. The van der Waals surface area contributed by atoms with E-state index in [1.165, 1.54) is 11.3 Å². The number of nitrogens with one attached hydrogen (secondary N) is 1. The van der Waals surface area contributed by atoms with Gasteiger partial charge in [0.15, 0.2) is 5.67 Å². The summed E-state index contributed by atoms with van der Waals surface area (Å²) in [7, 11) is 0. The van der Waals surface area contributed by atoms with E-state index in [2.05, 4.69) is 5.32 Å². The lowest BCUT2D eigenvalue weighted by molar-refractivity contribution is 0.141. The van der Waals surface area contributed by atoms with Gasteiger partial charge < -0.3 is 5.32 Å². The van der Waals surface area contributed by atoms with Gasteiger partial charge in [0.25, 0.3) is 0 Å². The fourth-order valence-corrected chi connectivity index (χ4v) is 2.71. The third-order valence-electron chi connectivity index (χ3n) is 2.72. The molecule has 0 amide bonds. The molecule has 13 heavy (non-hydrogen) atoms. The molecule has 0 radical (unpaired) electrons. The number of alkyl halides is 1. The number of hydrogen-bond donors (Lipinski definition) is 1. The zero-order valence-electron chi connectivity index (χ0n) is 7.72. The molecule has 2 rings (SSSR count). The topological polar surface area (TPSA) is 12.0 Å². The number of halogens is 1. The molecule has 0 bridgehead atoms. The second-order valence-corrected chi connectivity index (χ2v) is 4.65. The fraction of sp³-hybridized carbons (Fsp3) is 0.600. The van der Waals surface area contributed by atoms with E-state index < -0.39 is 5.67 Å². The first-order chi connectivity index (χ1) is 6.21. The van der Waals surface area contributed by atoms with Crippen LogP contribution in [0.1, 0.15) is 24.6 Å². The summed E-state index contributed by atoms with van der Waals surface area (Å²) < 4.78 is 14.3. The Morgan fingerprint density at radius 2 is 2.54 bits per heavy atom. The number of hydrogen-bond acceptors (Lipinski definition) is 2. The second kappa shape index (κ2) is 3.39. The van der Waals surface area contributed by atoms with Crippen molar-refractivity contribution in [2.75, 3.05) is 6.54 Å². The molecule has 1 aliphatic heterocycles. The van der Waals surface area contributed by atoms with Crippen LogP contribution < -0.4 is 5.32 Å². The highest BCUT2D eigenvalue weighted by Crippen LogP contribution is 2.35. The summed E-state index contributed by atoms with van der Waals surface area (Å²) in [5.41, 5.74) is -1.19. The van der Waals surface area contributed by atoms with Crippen LogP contribution in [0, 0.1) is 0 Å². The molecule has 0 aromatic carbocycles. The van der Waals surface area contributed by atoms with E-state index in [0.717, 1.165) is 24.3 Å². The molecular formula is C10H14FNS. The first kappa shape index (κ1) is 9.16. The monoisotopic (exact) mass is 199 g/mol. The molecule has 1 fully saturated rings. The summed E-state index contributed by atoms with van der Waals surface area (Å²) in [6, 6.07) is 3.79. The lowest BCUT2D eigenvalue weighted by Crippen LogP contribution is -2.38. The van der Waals surface area contributed by atoms with Gasteiger partial charge in [0.1, 0.15) is 0 Å². The SMILES string of the molecule is CC(F)(c1cccs1)C1CCCN1. The molecule has 1 aromatic rings. The zero-order chi connectivity index (χ0) is 9.31. The summed E-state index contributed by atoms with van der Waals surface area (Å²) in [6.45, 7) is 2.64. The van der Waals surface area contributed by atoms with Crippen LogP contribution >= 0.6 is 11.3 Å². The molecular weight excluding hydrogens is 185 g/mol. The summed E-state index contributed by atoms with van der Waals surface area (Å²) in [5, 5.41) is 5.15. The lowest BCUT2D eigenvalue weighted by Gasteiger charge is -2.26. The van der Waals surface area contributed by atoms with Crippen molar-refractivity contribution >= 4 is 11.3 Å². The van der Waals surface area contributed by atoms with Crippen LogP contribution in [0.25, 0.3) is 0 Å². The van der Waals surface area contributed by atoms with Gasteiger partial charge in [0.05, 0.1) is 0 Å². The van der Waals surface area contributed by atoms with Gasteiger partial charge in [-0.15, -0.1) is 11.3 Å². The molecule has 0 aliphatic carbocycles. The average Bonchev–Trinajstić information content (AvgIpc) is 2.78. The Labute approximate surface area is 82.0 Å². The Bertz CT molecular complexity index is 262. The van der Waals surface area contributed by atoms with Crippen LogP contribution in [0.3, 0.4) is 0 Å². The normalized spacial score (nSPS) is 27.4. The third kappa shape index (κ3) is 1.63. The van der Waals surface area contributed by atoms with Gasteiger partial charge in [-0.05, 0) is 37.8 Å². The third-order valence-corrected chi connectivity index (χ3v) is 3.80. The molecule has 3 heteroatoms. The molecule has 0 spiro atoms. The summed E-state index contributed by atoms with van der Waals surface area (Å²) >= 11 is 1.50. The van der Waals surface area contributed by atoms with Crippen LogP contribution in [-0.2, 0) is 5.67 Å². The van der Waals surface area contributed by atoms with Gasteiger partial charge in [-0.2, -0.15) is 0 Å². The maximum atomic E-state index is 14.3. The number of rotatable bonds is 2. The first-order valence-corrected chi connectivity index (χ1v) is 5.55. The molecule has 1 N–H and O–H groups in total. The van der Waals surface area contributed by atoms with Gasteiger partial charge in [0.2, 0.25) is 0 Å². The zero-order valence-corrected chi connectivity index (χ0v) is 8.53. The minimum atomic E-state index is -1.19. The average molecular weight is 199 g/mol. The van der Waals surface area contributed by atoms with Crippen molar-refractivity contribution in [1.82, 2.24) is 5.32 Å². The minimum absolute atomic E-state index is 0.00569. The van der Waals surface area contributed by atoms with Gasteiger partial charge in [0, 0.05) is 10.9 Å². The lowest BCUT2D eigenvalue weighted by atomic mass is 9.95. The van der Waals surface area contributed by atoms with Crippen molar-refractivity contribution in [3.63, 3.8) is 0 Å². The standard InChI is InChI=1S/C10H14FNS/c1-10(11,8-4-2-6-12-8)9-5-3-7-13-9/h3,5,7-8,12H,2,4,6H2,1H3. The Kier molecular flexibility index (Phi) is 2.39. The van der Waals surface area contributed by atoms with E-state index in [4.69, 9.17) is 0 Å². The van der Waals surface area contributed by atoms with Crippen molar-refractivity contribution in [3.8, 4) is 0 Å². The highest BCUT2D eigenvalue weighted by Gasteiger charge is 2.38. The molecule has 2 unspecified atom stereocenters. The van der Waals surface area contributed by atoms with Gasteiger partial charge >= 0.3 is 0 Å². The van der Waals surface area contributed by atoms with E-state index in [-0.39, 0.29) is 6.04 Å². The summed E-state index contributed by atoms with van der Waals surface area (Å²) in [5.74, 6) is 0. The maximum absolute atomic E-state index is 14.3. The van der Waals surface area contributed by atoms with Crippen LogP contribution in [0.4, 0.5) is 4.39 Å². The maximum Gasteiger partial charge on any atom is 0.157 e. The number of thiophene rings is 1. The molecule has 1 aliphatic rings. The van der Waals surface area contributed by atoms with E-state index in [0.29, 0.717) is 0 Å². The van der Waals surface area contributed by atoms with Crippen molar-refractivity contribution in [2.24, 2.45) is 0 Å². The first-order valence-electron chi connectivity index (χ1n) is 4.67. The van der Waals surface area contributed by atoms with E-state index in [1.54, 1.807) is 6.92 Å². The quantitative estimate of drug-likeness (QED) is 0.772. The largest absolute Gasteiger partial charge is 0.311 e. The Morgan fingerprint density at radius 1 is 1.69 bits per heavy atom. The van der Waals surface area contributed by atoms with Gasteiger partial charge in [-0.3, -0.25) is 0 Å². The molecule has 1 aromatic heterocycles. The summed E-state index contributed by atoms with van der Waals surface area (Å²) in [6.07, 6.45) is 2.04. The smallest absolute Gasteiger partial charge is 0.157 e. The molecule has 2 atom stereocenters. The van der Waals surface area contributed by atoms with E-state index in [1.807, 2.05) is 17.5 Å². The molecule has 1 nitrogen and oxygen atoms in total. The van der Waals surface area contributed by atoms with E-state index >= 15 is 0 Å².